The van der Waals surface area contributed by atoms with E-state index in [2.05, 4.69) is 57.4 Å². The van der Waals surface area contributed by atoms with Gasteiger partial charge >= 0.3 is 0 Å². The summed E-state index contributed by atoms with van der Waals surface area (Å²) in [7, 11) is 0. The minimum absolute atomic E-state index is 1.03. The maximum atomic E-state index is 4.21. The number of hydrogen-bond acceptors (Lipinski definition) is 3. The molecule has 1 aliphatic heterocycles. The van der Waals surface area contributed by atoms with Crippen LogP contribution in [0.25, 0.3) is 16.8 Å². The van der Waals surface area contributed by atoms with Crippen LogP contribution in [0.15, 0.2) is 61.2 Å². The van der Waals surface area contributed by atoms with Crippen molar-refractivity contribution in [3.63, 3.8) is 0 Å². The molecule has 1 aliphatic rings. The maximum Gasteiger partial charge on any atom is 0.138 e. The molecule has 4 rings (SSSR count). The van der Waals surface area contributed by atoms with Gasteiger partial charge in [-0.15, -0.1) is 0 Å². The number of piperidine rings is 1. The molecule has 4 heteroatoms. The van der Waals surface area contributed by atoms with E-state index in [0.717, 1.165) is 12.1 Å². The van der Waals surface area contributed by atoms with Crippen molar-refractivity contribution in [1.29, 1.82) is 0 Å². The number of rotatable bonds is 5. The summed E-state index contributed by atoms with van der Waals surface area (Å²) < 4.78 is 1.79. The third kappa shape index (κ3) is 3.97. The third-order valence-electron chi connectivity index (χ3n) is 4.98. The minimum atomic E-state index is 1.03. The van der Waals surface area contributed by atoms with Crippen molar-refractivity contribution in [2.24, 2.45) is 0 Å². The molecule has 0 unspecified atom stereocenters. The molecule has 0 N–H and O–H groups in total. The summed E-state index contributed by atoms with van der Waals surface area (Å²) in [5.74, 6) is 0. The molecule has 0 saturated carbocycles. The Morgan fingerprint density at radius 3 is 2.48 bits per heavy atom. The normalized spacial score (nSPS) is 15.4. The third-order valence-corrected chi connectivity index (χ3v) is 4.98. The number of benzene rings is 2. The van der Waals surface area contributed by atoms with Gasteiger partial charge in [0.15, 0.2) is 0 Å². The van der Waals surface area contributed by atoms with Gasteiger partial charge in [0.05, 0.1) is 5.69 Å². The molecular weight excluding hydrogens is 308 g/mol. The van der Waals surface area contributed by atoms with Gasteiger partial charge in [0.25, 0.3) is 0 Å². The van der Waals surface area contributed by atoms with E-state index in [4.69, 9.17) is 0 Å². The fourth-order valence-electron chi connectivity index (χ4n) is 3.50. The first-order valence-electron chi connectivity index (χ1n) is 9.15. The van der Waals surface area contributed by atoms with Crippen LogP contribution in [-0.4, -0.2) is 39.3 Å². The van der Waals surface area contributed by atoms with E-state index in [1.54, 1.807) is 17.3 Å². The van der Waals surface area contributed by atoms with Crippen LogP contribution < -0.4 is 0 Å². The van der Waals surface area contributed by atoms with Crippen LogP contribution in [-0.2, 0) is 6.42 Å². The maximum absolute atomic E-state index is 4.21. The Kier molecular flexibility index (Phi) is 4.89. The fraction of sp³-hybridized carbons (Fsp3) is 0.333. The molecule has 1 aromatic heterocycles. The molecule has 3 aromatic rings. The molecule has 4 nitrogen and oxygen atoms in total. The van der Waals surface area contributed by atoms with Crippen molar-refractivity contribution in [2.75, 3.05) is 19.6 Å². The lowest BCUT2D eigenvalue weighted by Gasteiger charge is -2.26. The predicted octanol–water partition coefficient (Wildman–Crippen LogP) is 3.96. The van der Waals surface area contributed by atoms with Gasteiger partial charge in [-0.1, -0.05) is 42.8 Å². The van der Waals surface area contributed by atoms with E-state index >= 15 is 0 Å². The Balaban J connectivity index is 1.44. The molecule has 0 amide bonds. The Bertz CT molecular complexity index is 787. The molecule has 2 heterocycles. The van der Waals surface area contributed by atoms with Gasteiger partial charge in [-0.25, -0.2) is 9.67 Å². The van der Waals surface area contributed by atoms with Crippen LogP contribution in [0.2, 0.25) is 0 Å². The lowest BCUT2D eigenvalue weighted by molar-refractivity contribution is 0.231. The quantitative estimate of drug-likeness (QED) is 0.709. The highest BCUT2D eigenvalue weighted by Crippen LogP contribution is 2.22. The van der Waals surface area contributed by atoms with Gasteiger partial charge < -0.3 is 4.90 Å². The summed E-state index contributed by atoms with van der Waals surface area (Å²) in [5, 5.41) is 4.21. The first-order valence-corrected chi connectivity index (χ1v) is 9.15. The van der Waals surface area contributed by atoms with Crippen LogP contribution >= 0.6 is 0 Å². The summed E-state index contributed by atoms with van der Waals surface area (Å²) >= 11 is 0. The topological polar surface area (TPSA) is 34.0 Å². The zero-order valence-corrected chi connectivity index (χ0v) is 14.5. The zero-order chi connectivity index (χ0) is 16.9. The minimum Gasteiger partial charge on any atom is -0.303 e. The molecule has 0 atom stereocenters. The molecule has 0 aliphatic carbocycles. The summed E-state index contributed by atoms with van der Waals surface area (Å²) in [6.45, 7) is 3.72. The average Bonchev–Trinajstić information content (AvgIpc) is 3.23. The van der Waals surface area contributed by atoms with E-state index in [0.29, 0.717) is 0 Å². The number of nitrogens with zero attached hydrogens (tertiary/aromatic N) is 4. The van der Waals surface area contributed by atoms with Crippen LogP contribution in [0.4, 0.5) is 0 Å². The van der Waals surface area contributed by atoms with Crippen LogP contribution in [0, 0.1) is 0 Å². The second kappa shape index (κ2) is 7.62. The fourth-order valence-corrected chi connectivity index (χ4v) is 3.50. The van der Waals surface area contributed by atoms with Crippen LogP contribution in [0.1, 0.15) is 24.8 Å². The van der Waals surface area contributed by atoms with Crippen molar-refractivity contribution in [1.82, 2.24) is 19.7 Å². The molecule has 2 aromatic carbocycles. The SMILES string of the molecule is c1cc(-c2ccc(CCN3CCCCC3)cc2)cc(-n2cncn2)c1. The molecule has 128 valence electrons. The van der Waals surface area contributed by atoms with E-state index in [9.17, 15) is 0 Å². The summed E-state index contributed by atoms with van der Waals surface area (Å²) in [6, 6.07) is 17.4. The van der Waals surface area contributed by atoms with Crippen molar-refractivity contribution < 1.29 is 0 Å². The van der Waals surface area contributed by atoms with E-state index < -0.39 is 0 Å². The van der Waals surface area contributed by atoms with Gasteiger partial charge in [-0.05, 0) is 61.2 Å². The lowest BCUT2D eigenvalue weighted by Crippen LogP contribution is -2.31. The van der Waals surface area contributed by atoms with Gasteiger partial charge in [0.1, 0.15) is 12.7 Å². The van der Waals surface area contributed by atoms with Gasteiger partial charge in [-0.3, -0.25) is 0 Å². The average molecular weight is 332 g/mol. The Hall–Kier alpha value is -2.46. The molecule has 25 heavy (non-hydrogen) atoms. The van der Waals surface area contributed by atoms with E-state index in [-0.39, 0.29) is 0 Å². The molecule has 0 radical (unpaired) electrons. The largest absolute Gasteiger partial charge is 0.303 e. The van der Waals surface area contributed by atoms with Crippen LogP contribution in [0.5, 0.6) is 0 Å². The Morgan fingerprint density at radius 2 is 1.72 bits per heavy atom. The van der Waals surface area contributed by atoms with Crippen molar-refractivity contribution in [2.45, 2.75) is 25.7 Å². The Labute approximate surface area is 149 Å². The second-order valence-corrected chi connectivity index (χ2v) is 6.74. The van der Waals surface area contributed by atoms with Crippen LogP contribution in [0.3, 0.4) is 0 Å². The Morgan fingerprint density at radius 1 is 0.880 bits per heavy atom. The van der Waals surface area contributed by atoms with E-state index in [1.807, 2.05) is 6.07 Å². The molecule has 0 bridgehead atoms. The monoisotopic (exact) mass is 332 g/mol. The lowest BCUT2D eigenvalue weighted by atomic mass is 10.0. The van der Waals surface area contributed by atoms with Crippen molar-refractivity contribution in [3.05, 3.63) is 66.7 Å². The number of hydrogen-bond donors (Lipinski definition) is 0. The molecule has 0 spiro atoms. The van der Waals surface area contributed by atoms with Crippen molar-refractivity contribution >= 4 is 0 Å². The second-order valence-electron chi connectivity index (χ2n) is 6.74. The highest BCUT2D eigenvalue weighted by atomic mass is 15.3. The zero-order valence-electron chi connectivity index (χ0n) is 14.5. The highest BCUT2D eigenvalue weighted by molar-refractivity contribution is 5.66. The van der Waals surface area contributed by atoms with E-state index in [1.165, 1.54) is 55.6 Å². The standard InChI is InChI=1S/C21H24N4/c1-2-12-24(13-3-1)14-11-18-7-9-19(10-8-18)20-5-4-6-21(15-20)25-17-22-16-23-25/h4-10,15-17H,1-3,11-14H2. The smallest absolute Gasteiger partial charge is 0.138 e. The number of likely N-dealkylation sites (tertiary alicyclic amines) is 1. The highest BCUT2D eigenvalue weighted by Gasteiger charge is 2.09. The molecular formula is C21H24N4. The first-order chi connectivity index (χ1) is 12.4. The summed E-state index contributed by atoms with van der Waals surface area (Å²) in [5.41, 5.74) is 4.89. The van der Waals surface area contributed by atoms with Gasteiger partial charge in [-0.2, -0.15) is 5.10 Å². The first kappa shape index (κ1) is 16.0. The molecule has 1 saturated heterocycles. The summed E-state index contributed by atoms with van der Waals surface area (Å²) in [6.07, 6.45) is 8.55. The van der Waals surface area contributed by atoms with Gasteiger partial charge in [0.2, 0.25) is 0 Å². The number of aromatic nitrogens is 3. The van der Waals surface area contributed by atoms with Gasteiger partial charge in [0, 0.05) is 6.54 Å². The predicted molar refractivity (Wildman–Crippen MR) is 101 cm³/mol. The summed E-state index contributed by atoms with van der Waals surface area (Å²) in [4.78, 5) is 6.62. The van der Waals surface area contributed by atoms with Crippen molar-refractivity contribution in [3.8, 4) is 16.8 Å². The molecule has 1 fully saturated rings.